The van der Waals surface area contributed by atoms with Gasteiger partial charge in [-0.1, -0.05) is 13.8 Å². The maximum absolute atomic E-state index is 6.17. The minimum Gasteiger partial charge on any atom is -0.487 e. The lowest BCUT2D eigenvalue weighted by Gasteiger charge is -2.45. The third-order valence-electron chi connectivity index (χ3n) is 7.25. The molecular weight excluding hydrogens is 428 g/mol. The molecule has 0 aromatic carbocycles. The van der Waals surface area contributed by atoms with E-state index in [9.17, 15) is 0 Å². The van der Waals surface area contributed by atoms with Crippen LogP contribution >= 0.6 is 0 Å². The summed E-state index contributed by atoms with van der Waals surface area (Å²) in [5, 5.41) is 16.0. The Hall–Kier alpha value is -3.46. The fourth-order valence-corrected chi connectivity index (χ4v) is 5.38. The number of ether oxygens (including phenoxy) is 1. The van der Waals surface area contributed by atoms with Crippen LogP contribution in [0.25, 0.3) is 28.2 Å². The highest BCUT2D eigenvalue weighted by Crippen LogP contribution is 2.41. The second-order valence-electron chi connectivity index (χ2n) is 9.76. The first-order valence-corrected chi connectivity index (χ1v) is 11.9. The molecule has 176 valence electrons. The quantitative estimate of drug-likeness (QED) is 0.485. The zero-order chi connectivity index (χ0) is 23.6. The van der Waals surface area contributed by atoms with Crippen molar-refractivity contribution in [3.05, 3.63) is 41.5 Å². The van der Waals surface area contributed by atoms with Crippen LogP contribution in [0.4, 0.5) is 5.82 Å². The van der Waals surface area contributed by atoms with E-state index in [0.29, 0.717) is 18.7 Å². The van der Waals surface area contributed by atoms with Crippen molar-refractivity contribution in [2.45, 2.75) is 52.6 Å². The lowest BCUT2D eigenvalue weighted by atomic mass is 9.92. The number of nitrogens with zero attached hydrogens (tertiary/aromatic N) is 6. The minimum atomic E-state index is 0.254. The molecule has 2 aliphatic rings. The van der Waals surface area contributed by atoms with Crippen molar-refractivity contribution in [1.82, 2.24) is 35.1 Å². The normalized spacial score (nSPS) is 19.9. The summed E-state index contributed by atoms with van der Waals surface area (Å²) >= 11 is 0. The molecule has 4 aromatic rings. The van der Waals surface area contributed by atoms with E-state index in [0.717, 1.165) is 63.9 Å². The lowest BCUT2D eigenvalue weighted by molar-refractivity contribution is 0.231. The summed E-state index contributed by atoms with van der Waals surface area (Å²) in [6, 6.07) is 2.79. The number of H-pyrrole nitrogens is 1. The van der Waals surface area contributed by atoms with Gasteiger partial charge in [-0.3, -0.25) is 5.10 Å². The summed E-state index contributed by atoms with van der Waals surface area (Å²) in [5.74, 6) is 2.01. The minimum absolute atomic E-state index is 0.254. The average molecular weight is 459 g/mol. The number of rotatable bonds is 3. The van der Waals surface area contributed by atoms with Crippen LogP contribution in [0.1, 0.15) is 43.4 Å². The van der Waals surface area contributed by atoms with E-state index in [1.165, 1.54) is 5.56 Å². The molecule has 34 heavy (non-hydrogen) atoms. The molecule has 6 rings (SSSR count). The van der Waals surface area contributed by atoms with E-state index in [1.54, 1.807) is 6.33 Å². The van der Waals surface area contributed by atoms with Gasteiger partial charge in [0, 0.05) is 48.2 Å². The van der Waals surface area contributed by atoms with E-state index >= 15 is 0 Å². The molecule has 0 aliphatic carbocycles. The van der Waals surface area contributed by atoms with Gasteiger partial charge in [0.05, 0.1) is 17.4 Å². The van der Waals surface area contributed by atoms with E-state index in [1.807, 2.05) is 16.9 Å². The van der Waals surface area contributed by atoms with E-state index in [4.69, 9.17) is 14.8 Å². The first-order valence-electron chi connectivity index (χ1n) is 11.9. The van der Waals surface area contributed by atoms with Crippen molar-refractivity contribution in [3.63, 3.8) is 0 Å². The maximum atomic E-state index is 6.17. The molecule has 0 unspecified atom stereocenters. The van der Waals surface area contributed by atoms with Crippen LogP contribution in [0.5, 0.6) is 5.75 Å². The summed E-state index contributed by atoms with van der Waals surface area (Å²) in [7, 11) is 0. The largest absolute Gasteiger partial charge is 0.487 e. The van der Waals surface area contributed by atoms with Gasteiger partial charge >= 0.3 is 0 Å². The second kappa shape index (κ2) is 7.80. The molecule has 9 nitrogen and oxygen atoms in total. The number of aromatic nitrogens is 6. The first kappa shape index (κ1) is 21.1. The molecular formula is C25H30N8O. The van der Waals surface area contributed by atoms with Gasteiger partial charge in [-0.15, -0.1) is 0 Å². The van der Waals surface area contributed by atoms with Crippen LogP contribution in [0.15, 0.2) is 24.8 Å². The van der Waals surface area contributed by atoms with Crippen LogP contribution in [-0.4, -0.2) is 61.6 Å². The van der Waals surface area contributed by atoms with Crippen molar-refractivity contribution in [2.24, 2.45) is 0 Å². The topological polar surface area (TPSA) is 96.3 Å². The summed E-state index contributed by atoms with van der Waals surface area (Å²) in [6.45, 7) is 13.4. The molecule has 1 fully saturated rings. The smallest absolute Gasteiger partial charge is 0.172 e. The van der Waals surface area contributed by atoms with Crippen molar-refractivity contribution in [3.8, 4) is 28.3 Å². The Labute approximate surface area is 198 Å². The zero-order valence-corrected chi connectivity index (χ0v) is 20.3. The number of nitrogens with one attached hydrogen (secondary N) is 2. The summed E-state index contributed by atoms with van der Waals surface area (Å²) in [4.78, 5) is 11.7. The van der Waals surface area contributed by atoms with Crippen molar-refractivity contribution < 1.29 is 4.74 Å². The number of anilines is 1. The molecule has 0 spiro atoms. The third-order valence-corrected chi connectivity index (χ3v) is 7.25. The number of aromatic amines is 1. The fraction of sp³-hybridized carbons (Fsp3) is 0.440. The molecule has 2 aliphatic heterocycles. The van der Waals surface area contributed by atoms with Crippen molar-refractivity contribution in [1.29, 1.82) is 0 Å². The van der Waals surface area contributed by atoms with Gasteiger partial charge in [-0.25, -0.2) is 14.5 Å². The predicted molar refractivity (Wildman–Crippen MR) is 131 cm³/mol. The Morgan fingerprint density at radius 2 is 2.00 bits per heavy atom. The molecule has 9 heteroatoms. The number of hydrogen-bond acceptors (Lipinski definition) is 7. The van der Waals surface area contributed by atoms with Gasteiger partial charge in [0.15, 0.2) is 17.2 Å². The first-order chi connectivity index (χ1) is 16.4. The van der Waals surface area contributed by atoms with E-state index < -0.39 is 0 Å². The Morgan fingerprint density at radius 3 is 2.82 bits per heavy atom. The summed E-state index contributed by atoms with van der Waals surface area (Å²) in [5.41, 5.74) is 8.29. The molecule has 0 saturated carbocycles. The molecule has 2 atom stereocenters. The average Bonchev–Trinajstić information content (AvgIpc) is 3.48. The zero-order valence-electron chi connectivity index (χ0n) is 20.3. The van der Waals surface area contributed by atoms with Crippen LogP contribution in [0.3, 0.4) is 0 Å². The monoisotopic (exact) mass is 458 g/mol. The molecule has 0 amide bonds. The predicted octanol–water partition coefficient (Wildman–Crippen LogP) is 3.48. The molecule has 0 radical (unpaired) electrons. The summed E-state index contributed by atoms with van der Waals surface area (Å²) in [6.07, 6.45) is 5.56. The molecule has 1 saturated heterocycles. The van der Waals surface area contributed by atoms with E-state index in [-0.39, 0.29) is 5.92 Å². The highest BCUT2D eigenvalue weighted by molar-refractivity contribution is 5.79. The highest BCUT2D eigenvalue weighted by Gasteiger charge is 2.35. The van der Waals surface area contributed by atoms with Gasteiger partial charge in [-0.05, 0) is 43.9 Å². The lowest BCUT2D eigenvalue weighted by Crippen LogP contribution is -2.60. The van der Waals surface area contributed by atoms with Gasteiger partial charge in [-0.2, -0.15) is 10.2 Å². The van der Waals surface area contributed by atoms with Crippen LogP contribution in [0, 0.1) is 13.8 Å². The Kier molecular flexibility index (Phi) is 4.84. The number of fused-ring (bicyclic) bond motifs is 4. The highest BCUT2D eigenvalue weighted by atomic mass is 16.5. The Bertz CT molecular complexity index is 1390. The molecule has 0 bridgehead atoms. The van der Waals surface area contributed by atoms with E-state index in [2.05, 4.69) is 66.1 Å². The van der Waals surface area contributed by atoms with Gasteiger partial charge in [0.2, 0.25) is 0 Å². The van der Waals surface area contributed by atoms with Crippen LogP contribution in [-0.2, 0) is 0 Å². The van der Waals surface area contributed by atoms with Gasteiger partial charge in [0.1, 0.15) is 12.9 Å². The molecule has 2 N–H and O–H groups in total. The number of hydrogen-bond donors (Lipinski definition) is 2. The van der Waals surface area contributed by atoms with Gasteiger partial charge in [0.25, 0.3) is 0 Å². The Morgan fingerprint density at radius 1 is 1.15 bits per heavy atom. The summed E-state index contributed by atoms with van der Waals surface area (Å²) < 4.78 is 8.00. The van der Waals surface area contributed by atoms with Crippen molar-refractivity contribution >= 4 is 11.5 Å². The Balaban J connectivity index is 1.46. The molecule has 4 aromatic heterocycles. The number of pyridine rings is 2. The fourth-order valence-electron chi connectivity index (χ4n) is 5.38. The SMILES string of the molecule is Cc1c(-c2[nH]nc(-c3cnc4c(c3)OC[C@@H]3CNC[C@H](C)N43)c2C(C)C)cn2ncnc2c1C. The standard InChI is InChI=1S/C25H30N8O/c1-13(2)21-22(30-31-23(21)19-10-32-24(28-12-29-32)16(5)15(19)4)17-6-20-25(27-8-17)33-14(3)7-26-9-18(33)11-34-20/h6,8,10,12-14,18,26H,7,9,11H2,1-5H3,(H,30,31)/t14-,18-/m0/s1. The maximum Gasteiger partial charge on any atom is 0.172 e. The third kappa shape index (κ3) is 3.10. The second-order valence-corrected chi connectivity index (χ2v) is 9.76. The van der Waals surface area contributed by atoms with Crippen LogP contribution in [0.2, 0.25) is 0 Å². The van der Waals surface area contributed by atoms with Crippen molar-refractivity contribution in [2.75, 3.05) is 24.6 Å². The van der Waals surface area contributed by atoms with Crippen LogP contribution < -0.4 is 15.0 Å². The number of piperazine rings is 1. The molecule has 6 heterocycles. The van der Waals surface area contributed by atoms with Gasteiger partial charge < -0.3 is 15.0 Å². The number of aryl methyl sites for hydroxylation is 1.